The van der Waals surface area contributed by atoms with Crippen molar-refractivity contribution >= 4 is 23.2 Å². The lowest BCUT2D eigenvalue weighted by molar-refractivity contribution is 1.30. The Bertz CT molecular complexity index is 1130. The van der Waals surface area contributed by atoms with Crippen molar-refractivity contribution in [2.75, 3.05) is 0 Å². The van der Waals surface area contributed by atoms with E-state index in [9.17, 15) is 9.59 Å². The number of rotatable bonds is 2. The zero-order chi connectivity index (χ0) is 16.8. The monoisotopic (exact) mass is 354 g/mol. The third-order valence-electron chi connectivity index (χ3n) is 3.76. The normalized spacial score (nSPS) is 11.2. The van der Waals surface area contributed by atoms with E-state index in [1.807, 2.05) is 12.1 Å². The van der Waals surface area contributed by atoms with Crippen molar-refractivity contribution in [1.82, 2.24) is 9.97 Å². The molecule has 4 rings (SSSR count). The minimum absolute atomic E-state index is 0.0740. The molecule has 0 bridgehead atoms. The second kappa shape index (κ2) is 5.51. The molecule has 0 radical (unpaired) electrons. The van der Waals surface area contributed by atoms with Crippen LogP contribution in [0.2, 0.25) is 10.0 Å². The van der Waals surface area contributed by atoms with Crippen molar-refractivity contribution in [2.45, 2.75) is 0 Å². The van der Waals surface area contributed by atoms with Crippen molar-refractivity contribution in [3.63, 3.8) is 0 Å². The van der Waals surface area contributed by atoms with E-state index >= 15 is 0 Å². The van der Waals surface area contributed by atoms with E-state index < -0.39 is 11.0 Å². The smallest absolute Gasteiger partial charge is 0.281 e. The molecule has 0 unspecified atom stereocenters. The zero-order valence-corrected chi connectivity index (χ0v) is 13.6. The van der Waals surface area contributed by atoms with Gasteiger partial charge in [-0.3, -0.25) is 9.59 Å². The van der Waals surface area contributed by atoms with Gasteiger partial charge < -0.3 is 0 Å². The van der Waals surface area contributed by atoms with Gasteiger partial charge in [0.05, 0.1) is 5.69 Å². The van der Waals surface area contributed by atoms with Gasteiger partial charge in [-0.25, -0.2) is 9.97 Å². The fourth-order valence-corrected chi connectivity index (χ4v) is 3.11. The van der Waals surface area contributed by atoms with Crippen molar-refractivity contribution < 1.29 is 0 Å². The second-order valence-corrected chi connectivity index (χ2v) is 6.17. The average Bonchev–Trinajstić information content (AvgIpc) is 3.05. The number of hydrogen-bond donors (Lipinski definition) is 0. The number of nitrogens with zero attached hydrogens (tertiary/aromatic N) is 2. The lowest BCUT2D eigenvalue weighted by Crippen LogP contribution is -2.19. The maximum absolute atomic E-state index is 12.0. The zero-order valence-electron chi connectivity index (χ0n) is 12.1. The Morgan fingerprint density at radius 2 is 1.33 bits per heavy atom. The molecule has 0 spiro atoms. The van der Waals surface area contributed by atoms with Crippen LogP contribution in [0, 0.1) is 0 Å². The first-order valence-corrected chi connectivity index (χ1v) is 7.83. The Kier molecular flexibility index (Phi) is 3.44. The Morgan fingerprint density at radius 3 is 2.00 bits per heavy atom. The maximum atomic E-state index is 12.0. The van der Waals surface area contributed by atoms with Crippen LogP contribution in [0.1, 0.15) is 0 Å². The predicted molar refractivity (Wildman–Crippen MR) is 94.5 cm³/mol. The molecule has 0 amide bonds. The first-order chi connectivity index (χ1) is 11.5. The average molecular weight is 355 g/mol. The fraction of sp³-hybridized carbons (Fsp3) is 0. The molecule has 0 N–H and O–H groups in total. The molecule has 2 aliphatic heterocycles. The molecular formula is C18H8Cl2N2O2. The number of benzene rings is 2. The number of halogens is 2. The number of aromatic nitrogens is 2. The lowest BCUT2D eigenvalue weighted by atomic mass is 9.99. The van der Waals surface area contributed by atoms with Crippen LogP contribution in [0.4, 0.5) is 0 Å². The summed E-state index contributed by atoms with van der Waals surface area (Å²) in [6, 6.07) is 14.2. The Hall–Kier alpha value is -2.56. The van der Waals surface area contributed by atoms with Crippen LogP contribution in [0.25, 0.3) is 33.8 Å². The van der Waals surface area contributed by atoms with E-state index in [0.29, 0.717) is 27.0 Å². The van der Waals surface area contributed by atoms with E-state index in [4.69, 9.17) is 23.2 Å². The largest absolute Gasteiger partial charge is 0.320 e. The molecule has 116 valence electrons. The summed E-state index contributed by atoms with van der Waals surface area (Å²) in [5.41, 5.74) is 1.50. The van der Waals surface area contributed by atoms with Gasteiger partial charge in [0.15, 0.2) is 0 Å². The van der Waals surface area contributed by atoms with Crippen LogP contribution in [0.5, 0.6) is 0 Å². The van der Waals surface area contributed by atoms with Gasteiger partial charge in [-0.05, 0) is 29.8 Å². The highest BCUT2D eigenvalue weighted by Gasteiger charge is 2.27. The summed E-state index contributed by atoms with van der Waals surface area (Å²) in [5.74, 6) is 0. The Morgan fingerprint density at radius 1 is 0.708 bits per heavy atom. The van der Waals surface area contributed by atoms with E-state index in [-0.39, 0.29) is 5.69 Å². The third-order valence-corrected chi connectivity index (χ3v) is 4.23. The minimum Gasteiger partial charge on any atom is -0.281 e. The highest BCUT2D eigenvalue weighted by atomic mass is 35.5. The third kappa shape index (κ3) is 2.31. The SMILES string of the molecule is O=c1nc2c(-c3cccc(Cl)c3)c(-c3cccc(Cl)c3)nc-2c1=O. The van der Waals surface area contributed by atoms with Crippen LogP contribution in [0.3, 0.4) is 0 Å². The number of fused-ring (bicyclic) bond motifs is 1. The highest BCUT2D eigenvalue weighted by molar-refractivity contribution is 6.31. The van der Waals surface area contributed by atoms with Crippen molar-refractivity contribution in [1.29, 1.82) is 0 Å². The summed E-state index contributed by atoms with van der Waals surface area (Å²) in [4.78, 5) is 31.9. The predicted octanol–water partition coefficient (Wildman–Crippen LogP) is 3.82. The van der Waals surface area contributed by atoms with Crippen LogP contribution in [-0.2, 0) is 0 Å². The summed E-state index contributed by atoms with van der Waals surface area (Å²) in [7, 11) is 0. The van der Waals surface area contributed by atoms with E-state index in [1.165, 1.54) is 0 Å². The van der Waals surface area contributed by atoms with Gasteiger partial charge in [0, 0.05) is 21.2 Å². The summed E-state index contributed by atoms with van der Waals surface area (Å²) < 4.78 is 0. The molecule has 0 aromatic heterocycles. The topological polar surface area (TPSA) is 59.9 Å². The molecule has 0 atom stereocenters. The molecule has 24 heavy (non-hydrogen) atoms. The highest BCUT2D eigenvalue weighted by Crippen LogP contribution is 2.40. The fourth-order valence-electron chi connectivity index (χ4n) is 2.73. The molecule has 6 heteroatoms. The minimum atomic E-state index is -0.798. The molecule has 2 aromatic rings. The summed E-state index contributed by atoms with van der Waals surface area (Å²) in [5, 5.41) is 1.09. The van der Waals surface area contributed by atoms with Crippen LogP contribution >= 0.6 is 23.2 Å². The van der Waals surface area contributed by atoms with Crippen LogP contribution in [-0.4, -0.2) is 9.97 Å². The van der Waals surface area contributed by atoms with E-state index in [1.54, 1.807) is 36.4 Å². The summed E-state index contributed by atoms with van der Waals surface area (Å²) in [6.45, 7) is 0. The second-order valence-electron chi connectivity index (χ2n) is 5.30. The van der Waals surface area contributed by atoms with Crippen LogP contribution in [0.15, 0.2) is 58.1 Å². The first-order valence-electron chi connectivity index (χ1n) is 7.07. The Labute approximate surface area is 146 Å². The molecule has 0 saturated heterocycles. The quantitative estimate of drug-likeness (QED) is 0.513. The van der Waals surface area contributed by atoms with E-state index in [2.05, 4.69) is 9.97 Å². The Balaban J connectivity index is 2.09. The van der Waals surface area contributed by atoms with Gasteiger partial charge in [0.25, 0.3) is 5.43 Å². The number of hydrogen-bond acceptors (Lipinski definition) is 4. The molecule has 2 aliphatic rings. The van der Waals surface area contributed by atoms with E-state index in [0.717, 1.165) is 11.1 Å². The van der Waals surface area contributed by atoms with Gasteiger partial charge in [-0.1, -0.05) is 47.5 Å². The van der Waals surface area contributed by atoms with Crippen LogP contribution < -0.4 is 11.0 Å². The standard InChI is InChI=1S/C18H8Cl2N2O2/c19-11-5-1-3-9(7-11)13-14(10-4-2-6-12(20)8-10)21-16-15(13)22-18(24)17(16)23/h1-8H. The van der Waals surface area contributed by atoms with Gasteiger partial charge in [-0.2, -0.15) is 0 Å². The summed E-state index contributed by atoms with van der Waals surface area (Å²) in [6.07, 6.45) is 0. The van der Waals surface area contributed by atoms with Crippen molar-refractivity contribution in [3.8, 4) is 33.8 Å². The van der Waals surface area contributed by atoms with Crippen molar-refractivity contribution in [3.05, 3.63) is 79.2 Å². The molecular weight excluding hydrogens is 347 g/mol. The molecule has 0 saturated carbocycles. The van der Waals surface area contributed by atoms with Gasteiger partial charge in [-0.15, -0.1) is 0 Å². The molecule has 2 aromatic carbocycles. The molecule has 0 aliphatic carbocycles. The van der Waals surface area contributed by atoms with Crippen molar-refractivity contribution in [2.24, 2.45) is 0 Å². The molecule has 4 nitrogen and oxygen atoms in total. The van der Waals surface area contributed by atoms with Gasteiger partial charge >= 0.3 is 5.56 Å². The van der Waals surface area contributed by atoms with Gasteiger partial charge in [0.1, 0.15) is 11.4 Å². The maximum Gasteiger partial charge on any atom is 0.320 e. The first kappa shape index (κ1) is 15.0. The summed E-state index contributed by atoms with van der Waals surface area (Å²) >= 11 is 12.2. The molecule has 2 heterocycles. The lowest BCUT2D eigenvalue weighted by Gasteiger charge is -2.05. The molecule has 0 fully saturated rings. The van der Waals surface area contributed by atoms with Gasteiger partial charge in [0.2, 0.25) is 0 Å².